The number of nitrogens with zero attached hydrogens (tertiary/aromatic N) is 2. The van der Waals surface area contributed by atoms with Crippen molar-refractivity contribution < 1.29 is 0 Å². The molecule has 0 fully saturated rings. The molecule has 0 saturated heterocycles. The summed E-state index contributed by atoms with van der Waals surface area (Å²) in [5.41, 5.74) is 3.30. The molecule has 4 heteroatoms. The predicted molar refractivity (Wildman–Crippen MR) is 69.9 cm³/mol. The molecule has 0 aliphatic heterocycles. The lowest BCUT2D eigenvalue weighted by atomic mass is 10.2. The van der Waals surface area contributed by atoms with Gasteiger partial charge in [-0.1, -0.05) is 13.8 Å². The van der Waals surface area contributed by atoms with Crippen molar-refractivity contribution in [3.05, 3.63) is 28.6 Å². The van der Waals surface area contributed by atoms with E-state index in [4.69, 9.17) is 11.6 Å². The van der Waals surface area contributed by atoms with Crippen molar-refractivity contribution in [1.82, 2.24) is 9.78 Å². The van der Waals surface area contributed by atoms with Gasteiger partial charge in [0.2, 0.25) is 0 Å². The Kier molecular flexibility index (Phi) is 3.66. The largest absolute Gasteiger partial charge is 0.267 e. The number of thiophene rings is 1. The average Bonchev–Trinajstić information content (AvgIpc) is 2.83. The van der Waals surface area contributed by atoms with Gasteiger partial charge in [0.05, 0.1) is 17.3 Å². The molecule has 86 valence electrons. The molecule has 0 amide bonds. The number of alkyl halides is 1. The summed E-state index contributed by atoms with van der Waals surface area (Å²) in [6, 6.07) is 4.17. The second-order valence-corrected chi connectivity index (χ2v) is 5.29. The minimum Gasteiger partial charge on any atom is -0.267 e. The summed E-state index contributed by atoms with van der Waals surface area (Å²) in [5.74, 6) is 1.10. The minimum atomic E-state index is 0.518. The highest BCUT2D eigenvalue weighted by Gasteiger charge is 2.09. The van der Waals surface area contributed by atoms with E-state index in [2.05, 4.69) is 41.8 Å². The molecule has 2 aromatic rings. The van der Waals surface area contributed by atoms with E-state index in [1.54, 1.807) is 11.3 Å². The van der Waals surface area contributed by atoms with Gasteiger partial charge in [-0.15, -0.1) is 11.6 Å². The normalized spacial score (nSPS) is 11.2. The van der Waals surface area contributed by atoms with E-state index in [9.17, 15) is 0 Å². The monoisotopic (exact) mass is 254 g/mol. The molecule has 0 aliphatic carbocycles. The van der Waals surface area contributed by atoms with Crippen LogP contribution in [0.2, 0.25) is 0 Å². The fourth-order valence-corrected chi connectivity index (χ4v) is 2.48. The number of aromatic nitrogens is 2. The van der Waals surface area contributed by atoms with Crippen molar-refractivity contribution in [1.29, 1.82) is 0 Å². The third-order valence-electron chi connectivity index (χ3n) is 2.36. The zero-order valence-corrected chi connectivity index (χ0v) is 11.1. The highest BCUT2D eigenvalue weighted by Crippen LogP contribution is 2.23. The van der Waals surface area contributed by atoms with Gasteiger partial charge in [0.1, 0.15) is 0 Å². The van der Waals surface area contributed by atoms with Crippen LogP contribution < -0.4 is 0 Å². The van der Waals surface area contributed by atoms with Gasteiger partial charge < -0.3 is 0 Å². The number of hydrogen-bond acceptors (Lipinski definition) is 2. The number of halogens is 1. The molecule has 0 bridgehead atoms. The average molecular weight is 255 g/mol. The van der Waals surface area contributed by atoms with Crippen molar-refractivity contribution in [3.8, 4) is 11.3 Å². The Morgan fingerprint density at radius 3 is 2.88 bits per heavy atom. The Hall–Kier alpha value is -0.800. The molecule has 0 spiro atoms. The molecule has 2 rings (SSSR count). The maximum atomic E-state index is 5.93. The topological polar surface area (TPSA) is 17.8 Å². The Morgan fingerprint density at radius 1 is 1.50 bits per heavy atom. The third kappa shape index (κ3) is 2.47. The van der Waals surface area contributed by atoms with Gasteiger partial charge in [-0.05, 0) is 23.4 Å². The molecule has 0 aliphatic rings. The van der Waals surface area contributed by atoms with Crippen molar-refractivity contribution in [2.45, 2.75) is 26.3 Å². The van der Waals surface area contributed by atoms with Crippen molar-refractivity contribution in [2.24, 2.45) is 5.92 Å². The molecule has 0 atom stereocenters. The van der Waals surface area contributed by atoms with Gasteiger partial charge in [-0.25, -0.2) is 0 Å². The van der Waals surface area contributed by atoms with Gasteiger partial charge in [-0.2, -0.15) is 16.4 Å². The molecule has 0 unspecified atom stereocenters. The third-order valence-corrected chi connectivity index (χ3v) is 3.31. The first kappa shape index (κ1) is 11.7. The Balaban J connectivity index is 2.32. The zero-order chi connectivity index (χ0) is 11.5. The summed E-state index contributed by atoms with van der Waals surface area (Å²) in [4.78, 5) is 0. The molecule has 0 radical (unpaired) electrons. The van der Waals surface area contributed by atoms with Crippen molar-refractivity contribution in [3.63, 3.8) is 0 Å². The minimum absolute atomic E-state index is 0.518. The van der Waals surface area contributed by atoms with Gasteiger partial charge in [0.15, 0.2) is 0 Å². The Morgan fingerprint density at radius 2 is 2.31 bits per heavy atom. The maximum absolute atomic E-state index is 5.93. The van der Waals surface area contributed by atoms with Crippen molar-refractivity contribution in [2.75, 3.05) is 0 Å². The lowest BCUT2D eigenvalue weighted by molar-refractivity contribution is 0.474. The highest BCUT2D eigenvalue weighted by molar-refractivity contribution is 7.08. The summed E-state index contributed by atoms with van der Waals surface area (Å²) >= 11 is 7.62. The van der Waals surface area contributed by atoms with Crippen LogP contribution in [-0.4, -0.2) is 9.78 Å². The Labute approximate surface area is 105 Å². The first-order chi connectivity index (χ1) is 7.70. The quantitative estimate of drug-likeness (QED) is 0.754. The van der Waals surface area contributed by atoms with E-state index in [1.807, 2.05) is 4.68 Å². The van der Waals surface area contributed by atoms with Crippen LogP contribution in [0.5, 0.6) is 0 Å². The van der Waals surface area contributed by atoms with Gasteiger partial charge >= 0.3 is 0 Å². The molecular weight excluding hydrogens is 240 g/mol. The summed E-state index contributed by atoms with van der Waals surface area (Å²) in [5, 5.41) is 8.78. The zero-order valence-electron chi connectivity index (χ0n) is 9.48. The molecular formula is C12H15ClN2S. The lowest BCUT2D eigenvalue weighted by Crippen LogP contribution is -2.08. The van der Waals surface area contributed by atoms with Crippen LogP contribution in [0.25, 0.3) is 11.3 Å². The van der Waals surface area contributed by atoms with E-state index in [0.717, 1.165) is 17.9 Å². The van der Waals surface area contributed by atoms with E-state index in [0.29, 0.717) is 11.8 Å². The predicted octanol–water partition coefficient (Wildman–Crippen LogP) is 4.01. The molecule has 2 heterocycles. The van der Waals surface area contributed by atoms with Gasteiger partial charge in [0, 0.05) is 17.5 Å². The molecule has 0 aromatic carbocycles. The highest BCUT2D eigenvalue weighted by atomic mass is 35.5. The second kappa shape index (κ2) is 5.02. The van der Waals surface area contributed by atoms with E-state index in [1.165, 1.54) is 5.56 Å². The smallest absolute Gasteiger partial charge is 0.0934 e. The van der Waals surface area contributed by atoms with E-state index >= 15 is 0 Å². The van der Waals surface area contributed by atoms with Crippen LogP contribution in [0, 0.1) is 5.92 Å². The lowest BCUT2D eigenvalue weighted by Gasteiger charge is -2.07. The van der Waals surface area contributed by atoms with Crippen LogP contribution in [0.1, 0.15) is 19.5 Å². The molecule has 2 aromatic heterocycles. The summed E-state index contributed by atoms with van der Waals surface area (Å²) in [6.45, 7) is 5.29. The molecule has 0 N–H and O–H groups in total. The fourth-order valence-electron chi connectivity index (χ4n) is 1.62. The first-order valence-electron chi connectivity index (χ1n) is 5.36. The van der Waals surface area contributed by atoms with Crippen molar-refractivity contribution >= 4 is 22.9 Å². The van der Waals surface area contributed by atoms with Crippen LogP contribution >= 0.6 is 22.9 Å². The van der Waals surface area contributed by atoms with Crippen LogP contribution in [-0.2, 0) is 12.4 Å². The standard InChI is InChI=1S/C12H15ClN2S/c1-9(2)7-15-11(6-13)5-12(14-15)10-3-4-16-8-10/h3-5,8-9H,6-7H2,1-2H3. The Bertz CT molecular complexity index is 446. The molecule has 0 saturated carbocycles. The van der Waals surface area contributed by atoms with Gasteiger partial charge in [0.25, 0.3) is 0 Å². The van der Waals surface area contributed by atoms with Crippen LogP contribution in [0.15, 0.2) is 22.9 Å². The maximum Gasteiger partial charge on any atom is 0.0934 e. The summed E-state index contributed by atoms with van der Waals surface area (Å²) in [7, 11) is 0. The van der Waals surface area contributed by atoms with E-state index < -0.39 is 0 Å². The second-order valence-electron chi connectivity index (χ2n) is 4.24. The molecule has 16 heavy (non-hydrogen) atoms. The summed E-state index contributed by atoms with van der Waals surface area (Å²) in [6.07, 6.45) is 0. The SMILES string of the molecule is CC(C)Cn1nc(-c2ccsc2)cc1CCl. The number of hydrogen-bond donors (Lipinski definition) is 0. The van der Waals surface area contributed by atoms with E-state index in [-0.39, 0.29) is 0 Å². The van der Waals surface area contributed by atoms with Gasteiger partial charge in [-0.3, -0.25) is 4.68 Å². The van der Waals surface area contributed by atoms with Crippen LogP contribution in [0.4, 0.5) is 0 Å². The number of rotatable bonds is 4. The molecule has 2 nitrogen and oxygen atoms in total. The van der Waals surface area contributed by atoms with Crippen LogP contribution in [0.3, 0.4) is 0 Å². The summed E-state index contributed by atoms with van der Waals surface area (Å²) < 4.78 is 2.02. The first-order valence-corrected chi connectivity index (χ1v) is 6.83. The fraction of sp³-hybridized carbons (Fsp3) is 0.417.